The molecule has 2 aliphatic rings. The number of nitrogens with zero attached hydrogens (tertiary/aromatic N) is 5. The van der Waals surface area contributed by atoms with Crippen LogP contribution in [0.25, 0.3) is 5.69 Å². The van der Waals surface area contributed by atoms with E-state index in [4.69, 9.17) is 15.1 Å². The molecule has 0 saturated heterocycles. The molecular weight excluding hydrogens is 499 g/mol. The number of nitrogens with one attached hydrogen (secondary N) is 1. The molecule has 40 heavy (non-hydrogen) atoms. The van der Waals surface area contributed by atoms with Crippen molar-refractivity contribution in [1.82, 2.24) is 9.78 Å². The minimum atomic E-state index is -0.506. The summed E-state index contributed by atoms with van der Waals surface area (Å²) in [7, 11) is 0. The second-order valence-corrected chi connectivity index (χ2v) is 10.2. The van der Waals surface area contributed by atoms with Crippen molar-refractivity contribution in [2.45, 2.75) is 26.8 Å². The SMILES string of the molecule is Cc1ccc(-n2nc(C)c3c2N=C2C(Nc4cccc(C)c4)=Nc4ccccc4N2[C@H]3c2ccccc2F)cc1. The monoisotopic (exact) mass is 526 g/mol. The summed E-state index contributed by atoms with van der Waals surface area (Å²) in [4.78, 5) is 12.3. The summed E-state index contributed by atoms with van der Waals surface area (Å²) in [5.41, 5.74) is 7.92. The highest BCUT2D eigenvalue weighted by Gasteiger charge is 2.42. The van der Waals surface area contributed by atoms with Crippen LogP contribution < -0.4 is 10.2 Å². The molecule has 0 amide bonds. The van der Waals surface area contributed by atoms with Gasteiger partial charge in [0.15, 0.2) is 17.5 Å². The van der Waals surface area contributed by atoms with Gasteiger partial charge >= 0.3 is 0 Å². The van der Waals surface area contributed by atoms with Crippen molar-refractivity contribution < 1.29 is 4.39 Å². The van der Waals surface area contributed by atoms with Gasteiger partial charge in [-0.1, -0.05) is 60.2 Å². The van der Waals surface area contributed by atoms with Crippen molar-refractivity contribution in [1.29, 1.82) is 0 Å². The van der Waals surface area contributed by atoms with Crippen LogP contribution in [0, 0.1) is 26.6 Å². The predicted octanol–water partition coefficient (Wildman–Crippen LogP) is 7.73. The van der Waals surface area contributed by atoms with Gasteiger partial charge in [0.1, 0.15) is 5.82 Å². The topological polar surface area (TPSA) is 57.8 Å². The maximum atomic E-state index is 15.7. The number of amidine groups is 2. The first kappa shape index (κ1) is 24.0. The van der Waals surface area contributed by atoms with Crippen molar-refractivity contribution in [3.05, 3.63) is 131 Å². The number of halogens is 1. The fraction of sp³-hybridized carbons (Fsp3) is 0.121. The number of hydrogen-bond acceptors (Lipinski definition) is 5. The van der Waals surface area contributed by atoms with Gasteiger partial charge in [-0.25, -0.2) is 19.1 Å². The highest BCUT2D eigenvalue weighted by atomic mass is 19.1. The third kappa shape index (κ3) is 3.90. The Morgan fingerprint density at radius 2 is 1.55 bits per heavy atom. The molecule has 7 heteroatoms. The summed E-state index contributed by atoms with van der Waals surface area (Å²) in [5, 5.41) is 8.44. The van der Waals surface area contributed by atoms with Crippen molar-refractivity contribution in [2.24, 2.45) is 9.98 Å². The van der Waals surface area contributed by atoms with Crippen LogP contribution in [0.15, 0.2) is 107 Å². The number of rotatable bonds is 3. The van der Waals surface area contributed by atoms with Gasteiger partial charge in [-0.2, -0.15) is 5.10 Å². The molecule has 0 fully saturated rings. The van der Waals surface area contributed by atoms with E-state index in [1.54, 1.807) is 6.07 Å². The average Bonchev–Trinajstić information content (AvgIpc) is 3.29. The van der Waals surface area contributed by atoms with E-state index in [0.29, 0.717) is 23.1 Å². The summed E-state index contributed by atoms with van der Waals surface area (Å²) in [6.45, 7) is 6.07. The Kier molecular flexibility index (Phi) is 5.59. The second kappa shape index (κ2) is 9.31. The maximum Gasteiger partial charge on any atom is 0.179 e. The molecule has 2 aliphatic heterocycles. The van der Waals surface area contributed by atoms with Gasteiger partial charge in [0.25, 0.3) is 0 Å². The number of benzene rings is 4. The zero-order chi connectivity index (χ0) is 27.4. The average molecular weight is 527 g/mol. The molecule has 5 aromatic rings. The standard InChI is InChI=1S/C33H27FN6/c1-20-15-17-24(18-16-20)40-32-29(22(3)38-40)30(25-11-4-5-12-26(25)34)39-28-14-7-6-13-27(28)36-31(33(39)37-32)35-23-10-8-9-21(2)19-23/h4-19,30H,1-3H3,(H,35,36)/t30-/m0/s1. The number of aryl methyl sites for hydroxylation is 3. The third-order valence-electron chi connectivity index (χ3n) is 7.40. The minimum absolute atomic E-state index is 0.282. The van der Waals surface area contributed by atoms with Gasteiger partial charge in [0.2, 0.25) is 0 Å². The maximum absolute atomic E-state index is 15.7. The van der Waals surface area contributed by atoms with Crippen LogP contribution in [0.1, 0.15) is 34.0 Å². The van der Waals surface area contributed by atoms with Crippen molar-refractivity contribution in [3.8, 4) is 5.69 Å². The largest absolute Gasteiger partial charge is 0.337 e. The quantitative estimate of drug-likeness (QED) is 0.262. The lowest BCUT2D eigenvalue weighted by atomic mass is 9.93. The van der Waals surface area contributed by atoms with Crippen molar-refractivity contribution >= 4 is 34.6 Å². The highest BCUT2D eigenvalue weighted by Crippen LogP contribution is 2.48. The Morgan fingerprint density at radius 3 is 2.35 bits per heavy atom. The van der Waals surface area contributed by atoms with Crippen LogP contribution in [0.3, 0.4) is 0 Å². The van der Waals surface area contributed by atoms with E-state index >= 15 is 4.39 Å². The van der Waals surface area contributed by atoms with Crippen molar-refractivity contribution in [3.63, 3.8) is 0 Å². The van der Waals surface area contributed by atoms with E-state index in [9.17, 15) is 0 Å². The van der Waals surface area contributed by atoms with Gasteiger partial charge in [0.05, 0.1) is 28.8 Å². The number of hydrogen-bond donors (Lipinski definition) is 1. The Balaban J connectivity index is 1.51. The molecule has 0 unspecified atom stereocenters. The number of aromatic nitrogens is 2. The zero-order valence-electron chi connectivity index (χ0n) is 22.4. The molecule has 4 aromatic carbocycles. The zero-order valence-corrected chi connectivity index (χ0v) is 22.4. The Bertz CT molecular complexity index is 1830. The van der Waals surface area contributed by atoms with Crippen LogP contribution in [-0.4, -0.2) is 21.5 Å². The lowest BCUT2D eigenvalue weighted by molar-refractivity contribution is 0.597. The Labute approximate surface area is 232 Å². The molecule has 3 heterocycles. The molecule has 0 radical (unpaired) electrons. The first-order valence-corrected chi connectivity index (χ1v) is 13.3. The van der Waals surface area contributed by atoms with Crippen molar-refractivity contribution in [2.75, 3.05) is 10.2 Å². The highest BCUT2D eigenvalue weighted by molar-refractivity contribution is 6.51. The Morgan fingerprint density at radius 1 is 0.775 bits per heavy atom. The van der Waals surface area contributed by atoms with Gasteiger partial charge in [-0.3, -0.25) is 0 Å². The Hall–Kier alpha value is -5.04. The lowest BCUT2D eigenvalue weighted by Crippen LogP contribution is -2.46. The van der Waals surface area contributed by atoms with Crippen LogP contribution in [-0.2, 0) is 0 Å². The number of fused-ring (bicyclic) bond motifs is 4. The minimum Gasteiger partial charge on any atom is -0.337 e. The van der Waals surface area contributed by atoms with Gasteiger partial charge in [-0.15, -0.1) is 0 Å². The number of para-hydroxylation sites is 2. The predicted molar refractivity (Wildman–Crippen MR) is 159 cm³/mol. The van der Waals surface area contributed by atoms with Gasteiger partial charge in [0, 0.05) is 16.8 Å². The van der Waals surface area contributed by atoms with E-state index in [2.05, 4.69) is 48.3 Å². The van der Waals surface area contributed by atoms with Gasteiger partial charge in [-0.05, 0) is 68.8 Å². The number of aliphatic imine (C=N–C) groups is 2. The van der Waals surface area contributed by atoms with E-state index < -0.39 is 6.04 Å². The molecule has 1 aromatic heterocycles. The molecular formula is C33H27FN6. The molecule has 1 atom stereocenters. The van der Waals surface area contributed by atoms with Gasteiger partial charge < -0.3 is 10.2 Å². The van der Waals surface area contributed by atoms with E-state index in [1.165, 1.54) is 6.07 Å². The fourth-order valence-electron chi connectivity index (χ4n) is 5.51. The summed E-state index contributed by atoms with van der Waals surface area (Å²) < 4.78 is 17.5. The normalized spacial score (nSPS) is 15.5. The molecule has 0 bridgehead atoms. The fourth-order valence-corrected chi connectivity index (χ4v) is 5.51. The summed E-state index contributed by atoms with van der Waals surface area (Å²) in [5.74, 6) is 1.58. The third-order valence-corrected chi connectivity index (χ3v) is 7.40. The lowest BCUT2D eigenvalue weighted by Gasteiger charge is -2.40. The summed E-state index contributed by atoms with van der Waals surface area (Å²) >= 11 is 0. The van der Waals surface area contributed by atoms with Crippen LogP contribution in [0.4, 0.5) is 27.3 Å². The summed E-state index contributed by atoms with van der Waals surface area (Å²) in [6, 6.07) is 30.7. The summed E-state index contributed by atoms with van der Waals surface area (Å²) in [6.07, 6.45) is 0. The molecule has 0 spiro atoms. The van der Waals surface area contributed by atoms with E-state index in [-0.39, 0.29) is 5.82 Å². The smallest absolute Gasteiger partial charge is 0.179 e. The van der Waals surface area contributed by atoms with E-state index in [0.717, 1.165) is 45.1 Å². The molecule has 6 nitrogen and oxygen atoms in total. The number of anilines is 2. The molecule has 7 rings (SSSR count). The van der Waals surface area contributed by atoms with Crippen LogP contribution >= 0.6 is 0 Å². The second-order valence-electron chi connectivity index (χ2n) is 10.2. The first-order chi connectivity index (χ1) is 19.5. The molecule has 196 valence electrons. The van der Waals surface area contributed by atoms with Crippen LogP contribution in [0.2, 0.25) is 0 Å². The van der Waals surface area contributed by atoms with Crippen LogP contribution in [0.5, 0.6) is 0 Å². The molecule has 0 aliphatic carbocycles. The molecule has 1 N–H and O–H groups in total. The molecule has 0 saturated carbocycles. The first-order valence-electron chi connectivity index (χ1n) is 13.3. The van der Waals surface area contributed by atoms with E-state index in [1.807, 2.05) is 72.3 Å².